The van der Waals surface area contributed by atoms with Gasteiger partial charge in [-0.2, -0.15) is 0 Å². The number of nitrogens with zero attached hydrogens (tertiary/aromatic N) is 2. The molecule has 3 nitrogen and oxygen atoms in total. The number of hydrogen-bond donors (Lipinski definition) is 1. The highest BCUT2D eigenvalue weighted by molar-refractivity contribution is 6.30. The minimum absolute atomic E-state index is 0.0527. The van der Waals surface area contributed by atoms with E-state index in [1.54, 1.807) is 0 Å². The van der Waals surface area contributed by atoms with Crippen molar-refractivity contribution in [2.45, 2.75) is 31.1 Å². The highest BCUT2D eigenvalue weighted by Crippen LogP contribution is 2.39. The van der Waals surface area contributed by atoms with Crippen LogP contribution in [0.15, 0.2) is 24.5 Å². The van der Waals surface area contributed by atoms with Gasteiger partial charge in [-0.1, -0.05) is 24.4 Å². The van der Waals surface area contributed by atoms with E-state index in [-0.39, 0.29) is 5.41 Å². The van der Waals surface area contributed by atoms with Crippen LogP contribution in [-0.4, -0.2) is 15.9 Å². The number of halogens is 1. The maximum atomic E-state index is 6.06. The molecular weight excluding hydrogens is 234 g/mol. The lowest BCUT2D eigenvalue weighted by molar-refractivity contribution is 0.423. The Morgan fingerprint density at radius 3 is 2.82 bits per heavy atom. The van der Waals surface area contributed by atoms with Crippen molar-refractivity contribution in [3.63, 3.8) is 0 Å². The van der Waals surface area contributed by atoms with E-state index in [9.17, 15) is 0 Å². The second-order valence-electron chi connectivity index (χ2n) is 4.92. The summed E-state index contributed by atoms with van der Waals surface area (Å²) in [5.41, 5.74) is 7.14. The van der Waals surface area contributed by atoms with Gasteiger partial charge in [0.2, 0.25) is 0 Å². The maximum Gasteiger partial charge on any atom is 0.120 e. The molecule has 1 aliphatic carbocycles. The van der Waals surface area contributed by atoms with Gasteiger partial charge in [0.15, 0.2) is 0 Å². The van der Waals surface area contributed by atoms with Crippen molar-refractivity contribution in [2.75, 3.05) is 6.54 Å². The fourth-order valence-corrected chi connectivity index (χ4v) is 3.09. The van der Waals surface area contributed by atoms with Crippen LogP contribution >= 0.6 is 11.6 Å². The Morgan fingerprint density at radius 2 is 2.12 bits per heavy atom. The van der Waals surface area contributed by atoms with Crippen LogP contribution in [0.1, 0.15) is 31.5 Å². The molecule has 2 N–H and O–H groups in total. The SMILES string of the molecule is NCC1(c2ncc3ccc(Cl)cn23)CCCC1. The summed E-state index contributed by atoms with van der Waals surface area (Å²) in [5.74, 6) is 1.08. The normalized spacial score (nSPS) is 18.9. The van der Waals surface area contributed by atoms with Gasteiger partial charge < -0.3 is 10.1 Å². The van der Waals surface area contributed by atoms with Crippen LogP contribution < -0.4 is 5.73 Å². The molecule has 3 rings (SSSR count). The molecular formula is C13H16ClN3. The molecule has 0 amide bonds. The number of nitrogens with two attached hydrogens (primary N) is 1. The van der Waals surface area contributed by atoms with E-state index in [1.807, 2.05) is 24.5 Å². The van der Waals surface area contributed by atoms with Gasteiger partial charge in [0.1, 0.15) is 5.82 Å². The van der Waals surface area contributed by atoms with Gasteiger partial charge in [0, 0.05) is 18.2 Å². The molecule has 1 saturated carbocycles. The van der Waals surface area contributed by atoms with Gasteiger partial charge >= 0.3 is 0 Å². The topological polar surface area (TPSA) is 43.3 Å². The van der Waals surface area contributed by atoms with E-state index in [0.717, 1.165) is 29.2 Å². The van der Waals surface area contributed by atoms with E-state index < -0.39 is 0 Å². The third kappa shape index (κ3) is 1.65. The summed E-state index contributed by atoms with van der Waals surface area (Å²) in [6.45, 7) is 0.665. The van der Waals surface area contributed by atoms with Crippen molar-refractivity contribution in [3.05, 3.63) is 35.4 Å². The molecule has 0 spiro atoms. The Balaban J connectivity index is 2.19. The summed E-state index contributed by atoms with van der Waals surface area (Å²) >= 11 is 6.06. The lowest BCUT2D eigenvalue weighted by Crippen LogP contribution is -2.34. The second kappa shape index (κ2) is 4.00. The standard InChI is InChI=1S/C13H16ClN3/c14-10-3-4-11-7-16-12(17(11)8-10)13(9-15)5-1-2-6-13/h3-4,7-8H,1-2,5-6,9,15H2. The van der Waals surface area contributed by atoms with Crippen LogP contribution in [0.25, 0.3) is 5.52 Å². The third-order valence-corrected chi connectivity index (χ3v) is 4.14. The van der Waals surface area contributed by atoms with E-state index in [4.69, 9.17) is 17.3 Å². The summed E-state index contributed by atoms with van der Waals surface area (Å²) in [4.78, 5) is 4.59. The first-order valence-electron chi connectivity index (χ1n) is 6.08. The minimum Gasteiger partial charge on any atom is -0.329 e. The Hall–Kier alpha value is -1.06. The Morgan fingerprint density at radius 1 is 1.35 bits per heavy atom. The van der Waals surface area contributed by atoms with Crippen molar-refractivity contribution in [3.8, 4) is 0 Å². The van der Waals surface area contributed by atoms with E-state index in [2.05, 4.69) is 9.38 Å². The molecule has 2 aromatic rings. The fourth-order valence-electron chi connectivity index (χ4n) is 2.93. The van der Waals surface area contributed by atoms with Gasteiger partial charge in [-0.05, 0) is 25.0 Å². The number of rotatable bonds is 2. The molecule has 0 unspecified atom stereocenters. The van der Waals surface area contributed by atoms with Crippen LogP contribution in [0.5, 0.6) is 0 Å². The highest BCUT2D eigenvalue weighted by Gasteiger charge is 2.37. The molecule has 0 saturated heterocycles. The van der Waals surface area contributed by atoms with Gasteiger partial charge in [-0.25, -0.2) is 4.98 Å². The van der Waals surface area contributed by atoms with Crippen molar-refractivity contribution >= 4 is 17.1 Å². The molecule has 1 aliphatic rings. The smallest absolute Gasteiger partial charge is 0.120 e. The second-order valence-corrected chi connectivity index (χ2v) is 5.35. The molecule has 4 heteroatoms. The lowest BCUT2D eigenvalue weighted by Gasteiger charge is -2.25. The van der Waals surface area contributed by atoms with Crippen molar-refractivity contribution in [2.24, 2.45) is 5.73 Å². The number of aromatic nitrogens is 2. The quantitative estimate of drug-likeness (QED) is 0.890. The van der Waals surface area contributed by atoms with Crippen LogP contribution in [0.3, 0.4) is 0 Å². The average Bonchev–Trinajstić information content (AvgIpc) is 2.94. The number of fused-ring (bicyclic) bond motifs is 1. The van der Waals surface area contributed by atoms with Crippen LogP contribution in [0.4, 0.5) is 0 Å². The average molecular weight is 250 g/mol. The van der Waals surface area contributed by atoms with Gasteiger partial charge in [-0.15, -0.1) is 0 Å². The van der Waals surface area contributed by atoms with E-state index in [0.29, 0.717) is 6.54 Å². The van der Waals surface area contributed by atoms with E-state index >= 15 is 0 Å². The summed E-state index contributed by atoms with van der Waals surface area (Å²) in [6, 6.07) is 3.89. The van der Waals surface area contributed by atoms with Crippen molar-refractivity contribution < 1.29 is 0 Å². The van der Waals surface area contributed by atoms with Gasteiger partial charge in [-0.3, -0.25) is 0 Å². The predicted octanol–water partition coefficient (Wildman–Crippen LogP) is 2.76. The molecule has 0 atom stereocenters. The molecule has 90 valence electrons. The molecule has 17 heavy (non-hydrogen) atoms. The molecule has 0 radical (unpaired) electrons. The highest BCUT2D eigenvalue weighted by atomic mass is 35.5. The van der Waals surface area contributed by atoms with Gasteiger partial charge in [0.05, 0.1) is 16.7 Å². The largest absolute Gasteiger partial charge is 0.329 e. The maximum absolute atomic E-state index is 6.06. The zero-order chi connectivity index (χ0) is 11.9. The summed E-state index contributed by atoms with van der Waals surface area (Å²) in [5, 5.41) is 0.738. The monoisotopic (exact) mass is 249 g/mol. The molecule has 2 heterocycles. The first-order chi connectivity index (χ1) is 8.25. The van der Waals surface area contributed by atoms with Gasteiger partial charge in [0.25, 0.3) is 0 Å². The lowest BCUT2D eigenvalue weighted by atomic mass is 9.85. The molecule has 1 fully saturated rings. The molecule has 0 bridgehead atoms. The van der Waals surface area contributed by atoms with Crippen LogP contribution in [0.2, 0.25) is 5.02 Å². The van der Waals surface area contributed by atoms with Crippen molar-refractivity contribution in [1.82, 2.24) is 9.38 Å². The zero-order valence-corrected chi connectivity index (χ0v) is 10.5. The molecule has 0 aliphatic heterocycles. The first-order valence-corrected chi connectivity index (χ1v) is 6.46. The number of hydrogen-bond acceptors (Lipinski definition) is 2. The minimum atomic E-state index is 0.0527. The van der Waals surface area contributed by atoms with E-state index in [1.165, 1.54) is 12.8 Å². The van der Waals surface area contributed by atoms with Crippen LogP contribution in [-0.2, 0) is 5.41 Å². The Labute approximate surface area is 106 Å². The Bertz CT molecular complexity index is 541. The van der Waals surface area contributed by atoms with Crippen molar-refractivity contribution in [1.29, 1.82) is 0 Å². The number of imidazole rings is 1. The summed E-state index contributed by atoms with van der Waals surface area (Å²) < 4.78 is 2.10. The summed E-state index contributed by atoms with van der Waals surface area (Å²) in [7, 11) is 0. The molecule has 0 aromatic carbocycles. The van der Waals surface area contributed by atoms with Crippen LogP contribution in [0, 0.1) is 0 Å². The predicted molar refractivity (Wildman–Crippen MR) is 69.4 cm³/mol. The zero-order valence-electron chi connectivity index (χ0n) is 9.69. The fraction of sp³-hybridized carbons (Fsp3) is 0.462. The molecule has 2 aromatic heterocycles. The summed E-state index contributed by atoms with van der Waals surface area (Å²) in [6.07, 6.45) is 8.60. The Kier molecular flexibility index (Phi) is 2.60. The first kappa shape index (κ1) is 11.1. The number of pyridine rings is 1. The third-order valence-electron chi connectivity index (χ3n) is 3.92.